The number of amides is 1. The Morgan fingerprint density at radius 3 is 2.50 bits per heavy atom. The van der Waals surface area contributed by atoms with E-state index in [9.17, 15) is 9.59 Å². The first-order chi connectivity index (χ1) is 16.2. The second-order valence-corrected chi connectivity index (χ2v) is 9.80. The van der Waals surface area contributed by atoms with E-state index in [0.717, 1.165) is 43.2 Å². The Hall–Kier alpha value is -3.02. The predicted molar refractivity (Wildman–Crippen MR) is 133 cm³/mol. The zero-order valence-electron chi connectivity index (χ0n) is 21.1. The van der Waals surface area contributed by atoms with Crippen LogP contribution in [0.3, 0.4) is 0 Å². The van der Waals surface area contributed by atoms with Crippen molar-refractivity contribution in [1.82, 2.24) is 4.90 Å². The number of piperidine rings is 1. The van der Waals surface area contributed by atoms with Gasteiger partial charge in [0.1, 0.15) is 22.7 Å². The zero-order valence-corrected chi connectivity index (χ0v) is 21.1. The summed E-state index contributed by atoms with van der Waals surface area (Å²) in [5.41, 5.74) is 1.57. The zero-order chi connectivity index (χ0) is 24.7. The number of carbonyl (C=O) groups excluding carboxylic acids is 2. The monoisotopic (exact) mass is 467 g/mol. The fourth-order valence-electron chi connectivity index (χ4n) is 4.14. The topological polar surface area (TPSA) is 65.1 Å². The molecule has 1 atom stereocenters. The molecule has 6 heteroatoms. The van der Waals surface area contributed by atoms with E-state index in [2.05, 4.69) is 6.92 Å². The van der Waals surface area contributed by atoms with Gasteiger partial charge in [-0.1, -0.05) is 37.6 Å². The van der Waals surface area contributed by atoms with Crippen LogP contribution in [0.25, 0.3) is 0 Å². The van der Waals surface area contributed by atoms with Gasteiger partial charge in [-0.25, -0.2) is 9.59 Å². The van der Waals surface area contributed by atoms with E-state index in [1.54, 1.807) is 17.0 Å². The number of hydrogen-bond donors (Lipinski definition) is 0. The summed E-state index contributed by atoms with van der Waals surface area (Å²) in [4.78, 5) is 27.9. The van der Waals surface area contributed by atoms with E-state index in [4.69, 9.17) is 14.2 Å². The summed E-state index contributed by atoms with van der Waals surface area (Å²) in [6, 6.07) is 12.8. The largest absolute Gasteiger partial charge is 0.493 e. The van der Waals surface area contributed by atoms with Crippen molar-refractivity contribution in [3.05, 3.63) is 59.2 Å². The van der Waals surface area contributed by atoms with Crippen LogP contribution in [0.4, 0.5) is 4.79 Å². The molecule has 0 radical (unpaired) electrons. The van der Waals surface area contributed by atoms with Gasteiger partial charge in [-0.2, -0.15) is 0 Å². The lowest BCUT2D eigenvalue weighted by Crippen LogP contribution is -2.41. The molecule has 1 heterocycles. The van der Waals surface area contributed by atoms with E-state index in [1.165, 1.54) is 0 Å². The number of ether oxygens (including phenoxy) is 3. The van der Waals surface area contributed by atoms with Crippen LogP contribution in [-0.2, 0) is 4.74 Å². The van der Waals surface area contributed by atoms with Crippen molar-refractivity contribution >= 4 is 12.1 Å². The van der Waals surface area contributed by atoms with Crippen LogP contribution in [0.1, 0.15) is 87.3 Å². The fraction of sp³-hybridized carbons (Fsp3) is 0.500. The van der Waals surface area contributed by atoms with Gasteiger partial charge in [-0.15, -0.1) is 0 Å². The fourth-order valence-corrected chi connectivity index (χ4v) is 4.14. The summed E-state index contributed by atoms with van der Waals surface area (Å²) in [5.74, 6) is 0.535. The molecule has 0 spiro atoms. The molecule has 1 fully saturated rings. The number of nitrogens with zero attached hydrogens (tertiary/aromatic N) is 1. The van der Waals surface area contributed by atoms with Crippen molar-refractivity contribution in [3.8, 4) is 11.5 Å². The highest BCUT2D eigenvalue weighted by molar-refractivity contribution is 5.95. The smallest absolute Gasteiger partial charge is 0.410 e. The third-order valence-corrected chi connectivity index (χ3v) is 5.75. The predicted octanol–water partition coefficient (Wildman–Crippen LogP) is 6.86. The maximum Gasteiger partial charge on any atom is 0.410 e. The number of rotatable bonds is 7. The van der Waals surface area contributed by atoms with Gasteiger partial charge in [0.05, 0.1) is 12.6 Å². The highest BCUT2D eigenvalue weighted by Gasteiger charge is 2.33. The summed E-state index contributed by atoms with van der Waals surface area (Å²) in [6.07, 6.45) is 4.35. The van der Waals surface area contributed by atoms with Gasteiger partial charge in [-0.05, 0) is 82.7 Å². The molecular formula is C28H37NO5. The van der Waals surface area contributed by atoms with E-state index in [1.807, 2.05) is 58.0 Å². The van der Waals surface area contributed by atoms with Gasteiger partial charge >= 0.3 is 12.1 Å². The minimum atomic E-state index is -0.561. The Morgan fingerprint density at radius 2 is 1.82 bits per heavy atom. The van der Waals surface area contributed by atoms with Crippen molar-refractivity contribution in [2.45, 2.75) is 78.4 Å². The maximum absolute atomic E-state index is 13.1. The Labute approximate surface area is 203 Å². The van der Waals surface area contributed by atoms with E-state index < -0.39 is 11.6 Å². The second kappa shape index (κ2) is 11.4. The average Bonchev–Trinajstić information content (AvgIpc) is 2.78. The number of benzene rings is 2. The minimum Gasteiger partial charge on any atom is -0.493 e. The van der Waals surface area contributed by atoms with Gasteiger partial charge in [0.2, 0.25) is 0 Å². The summed E-state index contributed by atoms with van der Waals surface area (Å²) < 4.78 is 17.4. The Bertz CT molecular complexity index is 980. The highest BCUT2D eigenvalue weighted by atomic mass is 16.6. The lowest BCUT2D eigenvalue weighted by Gasteiger charge is -2.37. The van der Waals surface area contributed by atoms with Crippen molar-refractivity contribution in [3.63, 3.8) is 0 Å². The first kappa shape index (κ1) is 25.6. The summed E-state index contributed by atoms with van der Waals surface area (Å²) in [5, 5.41) is 0. The number of esters is 1. The molecule has 0 aromatic heterocycles. The Morgan fingerprint density at radius 1 is 1.09 bits per heavy atom. The molecule has 184 valence electrons. The molecule has 0 saturated carbocycles. The molecule has 1 aliphatic heterocycles. The summed E-state index contributed by atoms with van der Waals surface area (Å²) in [7, 11) is 0. The molecule has 1 saturated heterocycles. The van der Waals surface area contributed by atoms with Crippen molar-refractivity contribution < 1.29 is 23.8 Å². The van der Waals surface area contributed by atoms with Crippen molar-refractivity contribution in [1.29, 1.82) is 0 Å². The quantitative estimate of drug-likeness (QED) is 0.253. The van der Waals surface area contributed by atoms with Crippen LogP contribution in [-0.4, -0.2) is 35.7 Å². The van der Waals surface area contributed by atoms with Crippen LogP contribution in [0.15, 0.2) is 42.5 Å². The van der Waals surface area contributed by atoms with Gasteiger partial charge in [0.15, 0.2) is 0 Å². The highest BCUT2D eigenvalue weighted by Crippen LogP contribution is 2.36. The number of hydrogen-bond acceptors (Lipinski definition) is 5. The number of para-hydroxylation sites is 1. The molecule has 1 unspecified atom stereocenters. The molecule has 2 aromatic carbocycles. The number of carbonyl (C=O) groups is 2. The number of likely N-dealkylation sites (tertiary alicyclic amines) is 1. The minimum absolute atomic E-state index is 0.130. The average molecular weight is 468 g/mol. The number of unbranched alkanes of at least 4 members (excludes halogenated alkanes) is 1. The van der Waals surface area contributed by atoms with E-state index in [0.29, 0.717) is 30.2 Å². The molecule has 3 rings (SSSR count). The molecule has 0 N–H and O–H groups in total. The summed E-state index contributed by atoms with van der Waals surface area (Å²) in [6.45, 7) is 10.8. The van der Waals surface area contributed by atoms with Crippen LogP contribution in [0, 0.1) is 6.92 Å². The lowest BCUT2D eigenvalue weighted by molar-refractivity contribution is 0.00943. The third kappa shape index (κ3) is 6.75. The molecule has 1 amide bonds. The Balaban J connectivity index is 1.94. The van der Waals surface area contributed by atoms with E-state index in [-0.39, 0.29) is 12.1 Å². The van der Waals surface area contributed by atoms with Gasteiger partial charge in [0, 0.05) is 6.54 Å². The lowest BCUT2D eigenvalue weighted by atomic mass is 9.92. The SMILES string of the molecule is CCCCOc1cc(C2CCCCN2C(=O)OC(C)(C)C)cc(C)c1C(=O)Oc1ccccc1. The first-order valence-corrected chi connectivity index (χ1v) is 12.2. The van der Waals surface area contributed by atoms with Crippen LogP contribution < -0.4 is 9.47 Å². The molecule has 34 heavy (non-hydrogen) atoms. The number of aryl methyl sites for hydroxylation is 1. The Kier molecular flexibility index (Phi) is 8.59. The van der Waals surface area contributed by atoms with Gasteiger partial charge < -0.3 is 19.1 Å². The standard InChI is InChI=1S/C28H37NO5/c1-6-7-17-32-24-19-21(23-15-11-12-16-29(23)27(31)34-28(3,4)5)18-20(2)25(24)26(30)33-22-13-9-8-10-14-22/h8-10,13-14,18-19,23H,6-7,11-12,15-17H2,1-5H3. The molecule has 2 aromatic rings. The van der Waals surface area contributed by atoms with Gasteiger partial charge in [-0.3, -0.25) is 0 Å². The van der Waals surface area contributed by atoms with E-state index >= 15 is 0 Å². The first-order valence-electron chi connectivity index (χ1n) is 12.2. The second-order valence-electron chi connectivity index (χ2n) is 9.80. The van der Waals surface area contributed by atoms with Crippen LogP contribution in [0.5, 0.6) is 11.5 Å². The maximum atomic E-state index is 13.1. The van der Waals surface area contributed by atoms with Crippen LogP contribution >= 0.6 is 0 Å². The summed E-state index contributed by atoms with van der Waals surface area (Å²) >= 11 is 0. The normalized spacial score (nSPS) is 16.1. The van der Waals surface area contributed by atoms with Crippen molar-refractivity contribution in [2.75, 3.05) is 13.2 Å². The molecule has 0 aliphatic carbocycles. The van der Waals surface area contributed by atoms with Gasteiger partial charge in [0.25, 0.3) is 0 Å². The molecule has 1 aliphatic rings. The third-order valence-electron chi connectivity index (χ3n) is 5.75. The van der Waals surface area contributed by atoms with Crippen LogP contribution in [0.2, 0.25) is 0 Å². The molecule has 0 bridgehead atoms. The molecular weight excluding hydrogens is 430 g/mol. The van der Waals surface area contributed by atoms with Crippen molar-refractivity contribution in [2.24, 2.45) is 0 Å². The molecule has 6 nitrogen and oxygen atoms in total.